The summed E-state index contributed by atoms with van der Waals surface area (Å²) in [4.78, 5) is 12.6. The van der Waals surface area contributed by atoms with Crippen LogP contribution < -0.4 is 10.1 Å². The van der Waals surface area contributed by atoms with Gasteiger partial charge >= 0.3 is 0 Å². The number of nitrogens with zero attached hydrogens (tertiary/aromatic N) is 1. The number of amides is 1. The number of nitrogens with one attached hydrogen (secondary N) is 1. The molecule has 0 radical (unpaired) electrons. The number of sulfonamides is 1. The van der Waals surface area contributed by atoms with Gasteiger partial charge in [-0.2, -0.15) is 4.31 Å². The molecule has 0 heterocycles. The van der Waals surface area contributed by atoms with Crippen LogP contribution in [-0.2, 0) is 14.8 Å². The van der Waals surface area contributed by atoms with Gasteiger partial charge in [-0.25, -0.2) is 8.42 Å². The third-order valence-corrected chi connectivity index (χ3v) is 6.63. The van der Waals surface area contributed by atoms with Crippen LogP contribution in [0.3, 0.4) is 0 Å². The summed E-state index contributed by atoms with van der Waals surface area (Å²) in [6, 6.07) is 6.24. The minimum atomic E-state index is -3.79. The van der Waals surface area contributed by atoms with Crippen molar-refractivity contribution in [2.24, 2.45) is 5.92 Å². The van der Waals surface area contributed by atoms with E-state index in [4.69, 9.17) is 4.74 Å². The van der Waals surface area contributed by atoms with Gasteiger partial charge < -0.3 is 10.1 Å². The van der Waals surface area contributed by atoms with Gasteiger partial charge in [0.2, 0.25) is 15.9 Å². The van der Waals surface area contributed by atoms with Crippen molar-refractivity contribution in [1.82, 2.24) is 9.62 Å². The molecule has 1 saturated carbocycles. The Morgan fingerprint density at radius 1 is 1.31 bits per heavy atom. The first kappa shape index (κ1) is 20.5. The molecule has 0 spiro atoms. The van der Waals surface area contributed by atoms with Crippen molar-refractivity contribution < 1.29 is 17.9 Å². The third kappa shape index (κ3) is 5.08. The van der Waals surface area contributed by atoms with Crippen molar-refractivity contribution in [2.45, 2.75) is 43.5 Å². The lowest BCUT2D eigenvalue weighted by Crippen LogP contribution is -2.47. The average Bonchev–Trinajstić information content (AvgIpc) is 2.63. The van der Waals surface area contributed by atoms with Gasteiger partial charge in [0.15, 0.2) is 0 Å². The number of ether oxygens (including phenoxy) is 1. The SMILES string of the molecule is C=CCN(CC(=O)N[C@@H]1CCCC[C@H]1C)S(=O)(=O)c1ccc(OC)cc1. The summed E-state index contributed by atoms with van der Waals surface area (Å²) in [6.45, 7) is 5.59. The number of hydrogen-bond donors (Lipinski definition) is 1. The molecule has 1 aromatic rings. The summed E-state index contributed by atoms with van der Waals surface area (Å²) in [6.07, 6.45) is 5.79. The highest BCUT2D eigenvalue weighted by Gasteiger charge is 2.28. The predicted molar refractivity (Wildman–Crippen MR) is 102 cm³/mol. The first-order valence-electron chi connectivity index (χ1n) is 8.93. The van der Waals surface area contributed by atoms with Crippen LogP contribution in [0.4, 0.5) is 0 Å². The van der Waals surface area contributed by atoms with E-state index in [1.54, 1.807) is 12.1 Å². The van der Waals surface area contributed by atoms with Gasteiger partial charge in [0.05, 0.1) is 18.6 Å². The van der Waals surface area contributed by atoms with Crippen molar-refractivity contribution in [3.8, 4) is 5.75 Å². The highest BCUT2D eigenvalue weighted by Crippen LogP contribution is 2.24. The monoisotopic (exact) mass is 380 g/mol. The number of hydrogen-bond acceptors (Lipinski definition) is 4. The first-order chi connectivity index (χ1) is 12.4. The number of carbonyl (C=O) groups excluding carboxylic acids is 1. The van der Waals surface area contributed by atoms with Crippen molar-refractivity contribution in [3.63, 3.8) is 0 Å². The Morgan fingerprint density at radius 2 is 1.96 bits per heavy atom. The number of methoxy groups -OCH3 is 1. The molecule has 144 valence electrons. The second-order valence-electron chi connectivity index (χ2n) is 6.70. The zero-order valence-corrected chi connectivity index (χ0v) is 16.3. The normalized spacial score (nSPS) is 20.6. The smallest absolute Gasteiger partial charge is 0.243 e. The molecule has 0 unspecified atom stereocenters. The van der Waals surface area contributed by atoms with Crippen LogP contribution >= 0.6 is 0 Å². The Hall–Kier alpha value is -1.86. The Kier molecular flexibility index (Phi) is 7.23. The van der Waals surface area contributed by atoms with Gasteiger partial charge in [-0.15, -0.1) is 6.58 Å². The van der Waals surface area contributed by atoms with E-state index in [2.05, 4.69) is 18.8 Å². The number of carbonyl (C=O) groups is 1. The fraction of sp³-hybridized carbons (Fsp3) is 0.526. The molecule has 0 aromatic heterocycles. The lowest BCUT2D eigenvalue weighted by molar-refractivity contribution is -0.122. The Labute approximate surface area is 156 Å². The molecule has 1 fully saturated rings. The van der Waals surface area contributed by atoms with Crippen molar-refractivity contribution in [3.05, 3.63) is 36.9 Å². The van der Waals surface area contributed by atoms with Crippen LogP contribution in [0, 0.1) is 5.92 Å². The summed E-state index contributed by atoms with van der Waals surface area (Å²) in [5, 5.41) is 3.00. The summed E-state index contributed by atoms with van der Waals surface area (Å²) in [5.74, 6) is 0.713. The van der Waals surface area contributed by atoms with E-state index in [-0.39, 0.29) is 29.9 Å². The topological polar surface area (TPSA) is 75.7 Å². The maximum atomic E-state index is 12.9. The maximum Gasteiger partial charge on any atom is 0.243 e. The minimum absolute atomic E-state index is 0.0714. The van der Waals surface area contributed by atoms with Crippen LogP contribution in [0.2, 0.25) is 0 Å². The van der Waals surface area contributed by atoms with Gasteiger partial charge in [0, 0.05) is 12.6 Å². The van der Waals surface area contributed by atoms with Gasteiger partial charge in [0.25, 0.3) is 0 Å². The summed E-state index contributed by atoms with van der Waals surface area (Å²) >= 11 is 0. The molecule has 1 aliphatic carbocycles. The predicted octanol–water partition coefficient (Wildman–Crippen LogP) is 2.57. The van der Waals surface area contributed by atoms with Gasteiger partial charge in [-0.1, -0.05) is 25.8 Å². The molecule has 1 N–H and O–H groups in total. The van der Waals surface area contributed by atoms with E-state index in [1.807, 2.05) is 0 Å². The van der Waals surface area contributed by atoms with E-state index in [1.165, 1.54) is 31.7 Å². The van der Waals surface area contributed by atoms with Gasteiger partial charge in [-0.3, -0.25) is 4.79 Å². The van der Waals surface area contributed by atoms with Crippen molar-refractivity contribution >= 4 is 15.9 Å². The summed E-state index contributed by atoms with van der Waals surface area (Å²) in [7, 11) is -2.27. The van der Waals surface area contributed by atoms with Crippen LogP contribution in [0.15, 0.2) is 41.8 Å². The third-order valence-electron chi connectivity index (χ3n) is 4.81. The quantitative estimate of drug-likeness (QED) is 0.703. The van der Waals surface area contributed by atoms with Crippen LogP contribution in [0.1, 0.15) is 32.6 Å². The molecule has 0 bridgehead atoms. The van der Waals surface area contributed by atoms with E-state index < -0.39 is 10.0 Å². The van der Waals surface area contributed by atoms with Crippen LogP contribution in [0.25, 0.3) is 0 Å². The fourth-order valence-electron chi connectivity index (χ4n) is 3.23. The van der Waals surface area contributed by atoms with Crippen LogP contribution in [0.5, 0.6) is 5.75 Å². The average molecular weight is 381 g/mol. The van der Waals surface area contributed by atoms with E-state index in [0.717, 1.165) is 23.6 Å². The second kappa shape index (κ2) is 9.19. The standard InChI is InChI=1S/C19H28N2O4S/c1-4-13-21(14-19(22)20-18-8-6-5-7-15(18)2)26(23,24)17-11-9-16(25-3)10-12-17/h4,9-12,15,18H,1,5-8,13-14H2,2-3H3,(H,20,22)/t15-,18-/m1/s1. The second-order valence-corrected chi connectivity index (χ2v) is 8.64. The molecule has 6 nitrogen and oxygen atoms in total. The van der Waals surface area contributed by atoms with Crippen molar-refractivity contribution in [2.75, 3.05) is 20.2 Å². The number of rotatable bonds is 8. The van der Waals surface area contributed by atoms with Crippen molar-refractivity contribution in [1.29, 1.82) is 0 Å². The zero-order valence-electron chi connectivity index (χ0n) is 15.5. The maximum absolute atomic E-state index is 12.9. The van der Waals surface area contributed by atoms with Crippen LogP contribution in [-0.4, -0.2) is 44.9 Å². The number of benzene rings is 1. The molecule has 1 aromatic carbocycles. The molecule has 1 aliphatic rings. The van der Waals surface area contributed by atoms with E-state index in [9.17, 15) is 13.2 Å². The Morgan fingerprint density at radius 3 is 2.54 bits per heavy atom. The first-order valence-corrected chi connectivity index (χ1v) is 10.4. The molecule has 0 aliphatic heterocycles. The van der Waals surface area contributed by atoms with E-state index in [0.29, 0.717) is 11.7 Å². The molecule has 2 rings (SSSR count). The molecule has 1 amide bonds. The zero-order chi connectivity index (χ0) is 19.2. The van der Waals surface area contributed by atoms with Gasteiger partial charge in [-0.05, 0) is 43.0 Å². The highest BCUT2D eigenvalue weighted by molar-refractivity contribution is 7.89. The van der Waals surface area contributed by atoms with E-state index >= 15 is 0 Å². The minimum Gasteiger partial charge on any atom is -0.497 e. The molecule has 26 heavy (non-hydrogen) atoms. The molecule has 2 atom stereocenters. The van der Waals surface area contributed by atoms with Gasteiger partial charge in [0.1, 0.15) is 5.75 Å². The molecule has 7 heteroatoms. The fourth-order valence-corrected chi connectivity index (χ4v) is 4.60. The lowest BCUT2D eigenvalue weighted by atomic mass is 9.86. The highest BCUT2D eigenvalue weighted by atomic mass is 32.2. The molecule has 0 saturated heterocycles. The Balaban J connectivity index is 2.10. The molecular formula is C19H28N2O4S. The lowest BCUT2D eigenvalue weighted by Gasteiger charge is -2.30. The largest absolute Gasteiger partial charge is 0.497 e. The molecular weight excluding hydrogens is 352 g/mol. The summed E-state index contributed by atoms with van der Waals surface area (Å²) < 4.78 is 31.9. The summed E-state index contributed by atoms with van der Waals surface area (Å²) in [5.41, 5.74) is 0. The Bertz CT molecular complexity index is 716.